The van der Waals surface area contributed by atoms with E-state index in [1.54, 1.807) is 0 Å². The molecule has 18 heavy (non-hydrogen) atoms. The van der Waals surface area contributed by atoms with Crippen LogP contribution in [-0.4, -0.2) is 18.2 Å². The van der Waals surface area contributed by atoms with Crippen molar-refractivity contribution >= 4 is 21.9 Å². The number of carbonyl (C=O) groups is 1. The van der Waals surface area contributed by atoms with Crippen molar-refractivity contribution in [3.63, 3.8) is 0 Å². The predicted molar refractivity (Wildman–Crippen MR) is 60.3 cm³/mol. The number of aliphatic carboxylic acids is 1. The fourth-order valence-corrected chi connectivity index (χ4v) is 2.04. The fourth-order valence-electron chi connectivity index (χ4n) is 1.35. The fraction of sp³-hybridized carbons (Fsp3) is 0.300. The summed E-state index contributed by atoms with van der Waals surface area (Å²) < 4.78 is 42.3. The van der Waals surface area contributed by atoms with Crippen LogP contribution < -0.4 is 10.5 Å². The van der Waals surface area contributed by atoms with Gasteiger partial charge in [-0.1, -0.05) is 15.9 Å². The lowest BCUT2D eigenvalue weighted by molar-refractivity contribution is -0.138. The third-order valence-electron chi connectivity index (χ3n) is 2.22. The number of alkyl halides is 3. The second kappa shape index (κ2) is 5.15. The van der Waals surface area contributed by atoms with Gasteiger partial charge in [-0.25, -0.2) is 0 Å². The molecular weight excluding hydrogens is 319 g/mol. The molecule has 3 N–H and O–H groups in total. The number of hydrogen-bond acceptors (Lipinski definition) is 3. The highest BCUT2D eigenvalue weighted by molar-refractivity contribution is 9.10. The van der Waals surface area contributed by atoms with Crippen LogP contribution in [0.5, 0.6) is 5.75 Å². The summed E-state index contributed by atoms with van der Waals surface area (Å²) in [5.74, 6) is -1.60. The number of rotatable bonds is 3. The first-order chi connectivity index (χ1) is 8.18. The Morgan fingerprint density at radius 2 is 2.06 bits per heavy atom. The number of carboxylic acids is 1. The van der Waals surface area contributed by atoms with E-state index in [1.165, 1.54) is 0 Å². The highest BCUT2D eigenvalue weighted by atomic mass is 79.9. The number of carboxylic acid groups (broad SMARTS) is 1. The van der Waals surface area contributed by atoms with Crippen LogP contribution in [0, 0.1) is 0 Å². The molecule has 1 unspecified atom stereocenters. The van der Waals surface area contributed by atoms with E-state index < -0.39 is 23.8 Å². The maximum atomic E-state index is 12.6. The zero-order valence-electron chi connectivity index (χ0n) is 9.08. The van der Waals surface area contributed by atoms with E-state index in [1.807, 2.05) is 0 Å². The van der Waals surface area contributed by atoms with Crippen molar-refractivity contribution in [3.05, 3.63) is 27.7 Å². The highest BCUT2D eigenvalue weighted by Crippen LogP contribution is 2.39. The van der Waals surface area contributed by atoms with Gasteiger partial charge in [-0.3, -0.25) is 4.79 Å². The van der Waals surface area contributed by atoms with E-state index in [-0.39, 0.29) is 15.8 Å². The highest BCUT2D eigenvalue weighted by Gasteiger charge is 2.33. The van der Waals surface area contributed by atoms with Gasteiger partial charge in [-0.05, 0) is 12.1 Å². The number of nitrogens with two attached hydrogens (primary N) is 1. The molecule has 0 saturated heterocycles. The Balaban J connectivity index is 3.42. The smallest absolute Gasteiger partial charge is 0.416 e. The van der Waals surface area contributed by atoms with Gasteiger partial charge in [0.2, 0.25) is 0 Å². The van der Waals surface area contributed by atoms with Crippen molar-refractivity contribution in [2.24, 2.45) is 5.73 Å². The molecule has 0 aliphatic carbocycles. The maximum absolute atomic E-state index is 12.6. The molecule has 0 aliphatic heterocycles. The first-order valence-corrected chi connectivity index (χ1v) is 5.40. The van der Waals surface area contributed by atoms with Crippen molar-refractivity contribution < 1.29 is 27.8 Å². The topological polar surface area (TPSA) is 72.5 Å². The SMILES string of the molecule is COc1cc(C(F)(F)F)cc(Br)c1C(N)C(=O)O. The Bertz CT molecular complexity index is 476. The molecule has 100 valence electrons. The first-order valence-electron chi connectivity index (χ1n) is 4.61. The van der Waals surface area contributed by atoms with Crippen LogP contribution in [-0.2, 0) is 11.0 Å². The molecule has 0 bridgehead atoms. The second-order valence-electron chi connectivity index (χ2n) is 3.39. The summed E-state index contributed by atoms with van der Waals surface area (Å²) in [5, 5.41) is 8.79. The van der Waals surface area contributed by atoms with Crippen molar-refractivity contribution in [1.82, 2.24) is 0 Å². The Morgan fingerprint density at radius 1 is 1.50 bits per heavy atom. The van der Waals surface area contributed by atoms with Crippen molar-refractivity contribution in [3.8, 4) is 5.75 Å². The molecule has 1 rings (SSSR count). The minimum absolute atomic E-state index is 0.0435. The standard InChI is InChI=1S/C10H9BrF3NO3/c1-18-6-3-4(10(12,13)14)2-5(11)7(6)8(15)9(16)17/h2-3,8H,15H2,1H3,(H,16,17). The van der Waals surface area contributed by atoms with Gasteiger partial charge < -0.3 is 15.6 Å². The summed E-state index contributed by atoms with van der Waals surface area (Å²) in [6, 6.07) is 0.000378. The molecule has 0 aromatic heterocycles. The van der Waals surface area contributed by atoms with E-state index >= 15 is 0 Å². The van der Waals surface area contributed by atoms with Gasteiger partial charge in [0, 0.05) is 10.0 Å². The van der Waals surface area contributed by atoms with Crippen LogP contribution in [0.15, 0.2) is 16.6 Å². The average molecular weight is 328 g/mol. The zero-order valence-corrected chi connectivity index (χ0v) is 10.7. The lowest BCUT2D eigenvalue weighted by Crippen LogP contribution is -2.22. The summed E-state index contributed by atoms with van der Waals surface area (Å²) in [4.78, 5) is 10.8. The monoisotopic (exact) mass is 327 g/mol. The number of hydrogen-bond donors (Lipinski definition) is 2. The number of methoxy groups -OCH3 is 1. The van der Waals surface area contributed by atoms with E-state index in [4.69, 9.17) is 15.6 Å². The van der Waals surface area contributed by atoms with Crippen LogP contribution in [0.25, 0.3) is 0 Å². The van der Waals surface area contributed by atoms with Crippen LogP contribution in [0.4, 0.5) is 13.2 Å². The third-order valence-corrected chi connectivity index (χ3v) is 2.87. The van der Waals surface area contributed by atoms with Gasteiger partial charge in [-0.15, -0.1) is 0 Å². The van der Waals surface area contributed by atoms with E-state index in [9.17, 15) is 18.0 Å². The molecule has 1 aromatic carbocycles. The molecule has 4 nitrogen and oxygen atoms in total. The van der Waals surface area contributed by atoms with Gasteiger partial charge in [0.25, 0.3) is 0 Å². The van der Waals surface area contributed by atoms with Crippen LogP contribution in [0.2, 0.25) is 0 Å². The van der Waals surface area contributed by atoms with Gasteiger partial charge in [-0.2, -0.15) is 13.2 Å². The molecule has 8 heteroatoms. The predicted octanol–water partition coefficient (Wildman–Crippen LogP) is 2.56. The van der Waals surface area contributed by atoms with Crippen molar-refractivity contribution in [2.45, 2.75) is 12.2 Å². The Morgan fingerprint density at radius 3 is 2.44 bits per heavy atom. The average Bonchev–Trinajstić information content (AvgIpc) is 2.25. The third kappa shape index (κ3) is 2.94. The maximum Gasteiger partial charge on any atom is 0.416 e. The summed E-state index contributed by atoms with van der Waals surface area (Å²) in [5.41, 5.74) is 4.39. The lowest BCUT2D eigenvalue weighted by atomic mass is 10.0. The van der Waals surface area contributed by atoms with Gasteiger partial charge in [0.05, 0.1) is 12.7 Å². The molecule has 1 aromatic rings. The Labute approximate surface area is 109 Å². The molecule has 0 radical (unpaired) electrons. The number of benzene rings is 1. The molecule has 0 fully saturated rings. The van der Waals surface area contributed by atoms with Gasteiger partial charge in [0.1, 0.15) is 11.8 Å². The molecular formula is C10H9BrF3NO3. The normalized spacial score (nSPS) is 13.2. The Hall–Kier alpha value is -1.28. The van der Waals surface area contributed by atoms with Crippen LogP contribution in [0.3, 0.4) is 0 Å². The quantitative estimate of drug-likeness (QED) is 0.894. The minimum atomic E-state index is -4.55. The summed E-state index contributed by atoms with van der Waals surface area (Å²) in [6.45, 7) is 0. The van der Waals surface area contributed by atoms with Crippen molar-refractivity contribution in [2.75, 3.05) is 7.11 Å². The van der Waals surface area contributed by atoms with Gasteiger partial charge in [0.15, 0.2) is 0 Å². The van der Waals surface area contributed by atoms with E-state index in [0.717, 1.165) is 13.2 Å². The summed E-state index contributed by atoms with van der Waals surface area (Å²) in [6.07, 6.45) is -4.55. The second-order valence-corrected chi connectivity index (χ2v) is 4.24. The van der Waals surface area contributed by atoms with Gasteiger partial charge >= 0.3 is 12.1 Å². The minimum Gasteiger partial charge on any atom is -0.496 e. The van der Waals surface area contributed by atoms with Crippen LogP contribution in [0.1, 0.15) is 17.2 Å². The Kier molecular flexibility index (Phi) is 4.23. The van der Waals surface area contributed by atoms with E-state index in [2.05, 4.69) is 15.9 Å². The largest absolute Gasteiger partial charge is 0.496 e. The summed E-state index contributed by atoms with van der Waals surface area (Å²) in [7, 11) is 1.14. The number of ether oxygens (including phenoxy) is 1. The molecule has 0 amide bonds. The molecule has 0 saturated carbocycles. The molecule has 0 aliphatic rings. The first kappa shape index (κ1) is 14.8. The molecule has 0 spiro atoms. The van der Waals surface area contributed by atoms with E-state index in [0.29, 0.717) is 6.07 Å². The summed E-state index contributed by atoms with van der Waals surface area (Å²) >= 11 is 2.88. The van der Waals surface area contributed by atoms with Crippen molar-refractivity contribution in [1.29, 1.82) is 0 Å². The lowest BCUT2D eigenvalue weighted by Gasteiger charge is -2.17. The molecule has 1 atom stereocenters. The van der Waals surface area contributed by atoms with Crippen LogP contribution >= 0.6 is 15.9 Å². The molecule has 0 heterocycles. The zero-order chi connectivity index (χ0) is 14.1. The number of halogens is 4.